The van der Waals surface area contributed by atoms with Crippen molar-refractivity contribution in [1.29, 1.82) is 0 Å². The highest BCUT2D eigenvalue weighted by Crippen LogP contribution is 2.22. The predicted molar refractivity (Wildman–Crippen MR) is 91.6 cm³/mol. The summed E-state index contributed by atoms with van der Waals surface area (Å²) in [5.41, 5.74) is 2.69. The first-order chi connectivity index (χ1) is 11.2. The Morgan fingerprint density at radius 3 is 2.17 bits per heavy atom. The first-order valence-corrected chi connectivity index (χ1v) is 7.64. The summed E-state index contributed by atoms with van der Waals surface area (Å²) >= 11 is 0. The van der Waals surface area contributed by atoms with Gasteiger partial charge in [-0.05, 0) is 43.3 Å². The van der Waals surface area contributed by atoms with E-state index in [1.54, 1.807) is 0 Å². The number of rotatable bonds is 7. The van der Waals surface area contributed by atoms with Crippen LogP contribution in [-0.2, 0) is 9.53 Å². The average Bonchev–Trinajstić information content (AvgIpc) is 2.58. The lowest BCUT2D eigenvalue weighted by Crippen LogP contribution is -2.27. The van der Waals surface area contributed by atoms with Crippen LogP contribution in [0.1, 0.15) is 13.8 Å². The average molecular weight is 311 g/mol. The van der Waals surface area contributed by atoms with Crippen LogP contribution in [0.25, 0.3) is 0 Å². The smallest absolute Gasteiger partial charge is 0.302 e. The van der Waals surface area contributed by atoms with Gasteiger partial charge in [0.2, 0.25) is 0 Å². The van der Waals surface area contributed by atoms with Gasteiger partial charge in [0.15, 0.2) is 0 Å². The highest BCUT2D eigenvalue weighted by Gasteiger charge is 2.05. The van der Waals surface area contributed by atoms with E-state index in [2.05, 4.69) is 22.1 Å². The Labute approximate surface area is 136 Å². The summed E-state index contributed by atoms with van der Waals surface area (Å²) in [6, 6.07) is 17.5. The fourth-order valence-electron chi connectivity index (χ4n) is 2.11. The van der Waals surface area contributed by atoms with E-state index in [9.17, 15) is 4.79 Å². The molecule has 23 heavy (non-hydrogen) atoms. The van der Waals surface area contributed by atoms with Crippen LogP contribution in [0.3, 0.4) is 0 Å². The molecular formula is C18H21N3O2. The molecule has 0 amide bonds. The molecule has 5 heteroatoms. The van der Waals surface area contributed by atoms with Crippen LogP contribution in [0.2, 0.25) is 0 Å². The lowest BCUT2D eigenvalue weighted by molar-refractivity contribution is -0.140. The topological polar surface area (TPSA) is 54.3 Å². The van der Waals surface area contributed by atoms with Crippen LogP contribution in [-0.4, -0.2) is 25.7 Å². The second-order valence-electron chi connectivity index (χ2n) is 4.97. The molecule has 120 valence electrons. The third kappa shape index (κ3) is 5.54. The summed E-state index contributed by atoms with van der Waals surface area (Å²) in [4.78, 5) is 13.0. The molecule has 0 aliphatic heterocycles. The normalized spacial score (nSPS) is 10.7. The number of anilines is 1. The number of benzene rings is 2. The molecule has 5 nitrogen and oxygen atoms in total. The number of hydrogen-bond donors (Lipinski definition) is 0. The molecule has 0 aromatic heterocycles. The summed E-state index contributed by atoms with van der Waals surface area (Å²) < 4.78 is 4.99. The SMILES string of the molecule is CCN(CCOC(C)=O)c1ccc(N=Nc2ccccc2)cc1. The lowest BCUT2D eigenvalue weighted by atomic mass is 10.2. The zero-order valence-electron chi connectivity index (χ0n) is 13.5. The Morgan fingerprint density at radius 2 is 1.61 bits per heavy atom. The van der Waals surface area contributed by atoms with E-state index in [0.29, 0.717) is 13.2 Å². The second-order valence-corrected chi connectivity index (χ2v) is 4.97. The number of carbonyl (C=O) groups is 1. The van der Waals surface area contributed by atoms with Gasteiger partial charge in [0.25, 0.3) is 0 Å². The van der Waals surface area contributed by atoms with Gasteiger partial charge in [0.1, 0.15) is 6.61 Å². The number of azo groups is 1. The zero-order chi connectivity index (χ0) is 16.5. The summed E-state index contributed by atoms with van der Waals surface area (Å²) in [5, 5.41) is 8.42. The van der Waals surface area contributed by atoms with Crippen LogP contribution >= 0.6 is 0 Å². The van der Waals surface area contributed by atoms with Gasteiger partial charge in [-0.2, -0.15) is 10.2 Å². The molecule has 0 unspecified atom stereocenters. The van der Waals surface area contributed by atoms with Crippen molar-refractivity contribution in [2.75, 3.05) is 24.6 Å². The van der Waals surface area contributed by atoms with Gasteiger partial charge in [-0.15, -0.1) is 0 Å². The quantitative estimate of drug-likeness (QED) is 0.559. The minimum Gasteiger partial charge on any atom is -0.464 e. The molecule has 0 heterocycles. The van der Waals surface area contributed by atoms with E-state index in [0.717, 1.165) is 23.6 Å². The summed E-state index contributed by atoms with van der Waals surface area (Å²) in [6.45, 7) is 5.38. The maximum Gasteiger partial charge on any atom is 0.302 e. The number of hydrogen-bond acceptors (Lipinski definition) is 5. The van der Waals surface area contributed by atoms with Gasteiger partial charge in [-0.25, -0.2) is 0 Å². The van der Waals surface area contributed by atoms with E-state index in [-0.39, 0.29) is 5.97 Å². The Hall–Kier alpha value is -2.69. The molecule has 0 spiro atoms. The van der Waals surface area contributed by atoms with Gasteiger partial charge in [0, 0.05) is 19.2 Å². The molecule has 2 aromatic carbocycles. The van der Waals surface area contributed by atoms with Crippen molar-refractivity contribution in [3.05, 3.63) is 54.6 Å². The van der Waals surface area contributed by atoms with E-state index in [4.69, 9.17) is 4.74 Å². The van der Waals surface area contributed by atoms with Gasteiger partial charge in [0.05, 0.1) is 17.9 Å². The summed E-state index contributed by atoms with van der Waals surface area (Å²) in [7, 11) is 0. The maximum atomic E-state index is 10.8. The first-order valence-electron chi connectivity index (χ1n) is 7.64. The molecule has 0 aliphatic rings. The molecule has 2 rings (SSSR count). The van der Waals surface area contributed by atoms with Crippen molar-refractivity contribution in [1.82, 2.24) is 0 Å². The number of esters is 1. The van der Waals surface area contributed by atoms with Crippen LogP contribution in [0.5, 0.6) is 0 Å². The molecule has 0 N–H and O–H groups in total. The van der Waals surface area contributed by atoms with Crippen LogP contribution < -0.4 is 4.90 Å². The second kappa shape index (κ2) is 8.68. The number of likely N-dealkylation sites (N-methyl/N-ethyl adjacent to an activating group) is 1. The maximum absolute atomic E-state index is 10.8. The van der Waals surface area contributed by atoms with Crippen molar-refractivity contribution >= 4 is 23.0 Å². The molecular weight excluding hydrogens is 290 g/mol. The highest BCUT2D eigenvalue weighted by atomic mass is 16.5. The molecule has 0 radical (unpaired) electrons. The summed E-state index contributed by atoms with van der Waals surface area (Å²) in [6.07, 6.45) is 0. The molecule has 0 saturated heterocycles. The van der Waals surface area contributed by atoms with E-state index in [1.165, 1.54) is 6.92 Å². The van der Waals surface area contributed by atoms with Crippen LogP contribution in [0, 0.1) is 0 Å². The Balaban J connectivity index is 1.97. The van der Waals surface area contributed by atoms with Crippen molar-refractivity contribution in [2.24, 2.45) is 10.2 Å². The minimum absolute atomic E-state index is 0.252. The summed E-state index contributed by atoms with van der Waals surface area (Å²) in [5.74, 6) is -0.252. The largest absolute Gasteiger partial charge is 0.464 e. The Kier molecular flexibility index (Phi) is 6.29. The zero-order valence-corrected chi connectivity index (χ0v) is 13.5. The molecule has 0 bridgehead atoms. The first kappa shape index (κ1) is 16.7. The molecule has 0 saturated carbocycles. The van der Waals surface area contributed by atoms with Crippen molar-refractivity contribution in [3.8, 4) is 0 Å². The Bertz CT molecular complexity index is 639. The Morgan fingerprint density at radius 1 is 1.00 bits per heavy atom. The predicted octanol–water partition coefficient (Wildman–Crippen LogP) is 4.49. The monoisotopic (exact) mass is 311 g/mol. The number of carbonyl (C=O) groups excluding carboxylic acids is 1. The van der Waals surface area contributed by atoms with Crippen molar-refractivity contribution in [3.63, 3.8) is 0 Å². The molecule has 0 aliphatic carbocycles. The third-order valence-electron chi connectivity index (χ3n) is 3.30. The van der Waals surface area contributed by atoms with Gasteiger partial charge in [-0.3, -0.25) is 4.79 Å². The molecule has 2 aromatic rings. The van der Waals surface area contributed by atoms with Crippen molar-refractivity contribution < 1.29 is 9.53 Å². The third-order valence-corrected chi connectivity index (χ3v) is 3.30. The molecule has 0 fully saturated rings. The van der Waals surface area contributed by atoms with Gasteiger partial charge < -0.3 is 9.64 Å². The van der Waals surface area contributed by atoms with E-state index < -0.39 is 0 Å². The van der Waals surface area contributed by atoms with Crippen LogP contribution in [0.4, 0.5) is 17.1 Å². The van der Waals surface area contributed by atoms with Gasteiger partial charge >= 0.3 is 5.97 Å². The van der Waals surface area contributed by atoms with E-state index in [1.807, 2.05) is 54.6 Å². The van der Waals surface area contributed by atoms with Gasteiger partial charge in [-0.1, -0.05) is 18.2 Å². The van der Waals surface area contributed by atoms with E-state index >= 15 is 0 Å². The highest BCUT2D eigenvalue weighted by molar-refractivity contribution is 5.66. The standard InChI is InChI=1S/C18H21N3O2/c1-3-21(13-14-23-15(2)22)18-11-9-17(10-12-18)20-19-16-7-5-4-6-8-16/h4-12H,3,13-14H2,1-2H3. The van der Waals surface area contributed by atoms with Crippen LogP contribution in [0.15, 0.2) is 64.8 Å². The number of nitrogens with zero attached hydrogens (tertiary/aromatic N) is 3. The minimum atomic E-state index is -0.252. The lowest BCUT2D eigenvalue weighted by Gasteiger charge is -2.22. The fraction of sp³-hybridized carbons (Fsp3) is 0.278. The molecule has 0 atom stereocenters. The fourth-order valence-corrected chi connectivity index (χ4v) is 2.11. The number of ether oxygens (including phenoxy) is 1. The van der Waals surface area contributed by atoms with Crippen molar-refractivity contribution in [2.45, 2.75) is 13.8 Å².